The molecule has 1 rings (SSSR count). The molecule has 0 spiro atoms. The van der Waals surface area contributed by atoms with Gasteiger partial charge in [-0.15, -0.1) is 6.58 Å². The van der Waals surface area contributed by atoms with Crippen LogP contribution in [0.2, 0.25) is 0 Å². The fourth-order valence-electron chi connectivity index (χ4n) is 1.79. The SMILES string of the molecule is C=CCCCCCC(Cc1ccsc1)NN. The van der Waals surface area contributed by atoms with Gasteiger partial charge in [0.2, 0.25) is 0 Å². The van der Waals surface area contributed by atoms with Crippen molar-refractivity contribution in [2.45, 2.75) is 44.6 Å². The van der Waals surface area contributed by atoms with Gasteiger partial charge in [-0.1, -0.05) is 18.9 Å². The van der Waals surface area contributed by atoms with Gasteiger partial charge in [-0.3, -0.25) is 11.3 Å². The molecular weight excluding hydrogens is 216 g/mol. The third kappa shape index (κ3) is 5.45. The van der Waals surface area contributed by atoms with Gasteiger partial charge in [-0.25, -0.2) is 0 Å². The summed E-state index contributed by atoms with van der Waals surface area (Å²) in [6.45, 7) is 3.73. The fraction of sp³-hybridized carbons (Fsp3) is 0.538. The highest BCUT2D eigenvalue weighted by atomic mass is 32.1. The normalized spacial score (nSPS) is 12.6. The molecule has 16 heavy (non-hydrogen) atoms. The number of allylic oxidation sites excluding steroid dienone is 1. The first-order valence-electron chi connectivity index (χ1n) is 5.95. The summed E-state index contributed by atoms with van der Waals surface area (Å²) < 4.78 is 0. The Hall–Kier alpha value is -0.640. The van der Waals surface area contributed by atoms with E-state index in [4.69, 9.17) is 5.84 Å². The van der Waals surface area contributed by atoms with Crippen LogP contribution in [0.15, 0.2) is 29.5 Å². The van der Waals surface area contributed by atoms with Crippen LogP contribution in [-0.2, 0) is 6.42 Å². The second kappa shape index (κ2) is 8.50. The van der Waals surface area contributed by atoms with Crippen LogP contribution < -0.4 is 11.3 Å². The number of nitrogens with two attached hydrogens (primary N) is 1. The van der Waals surface area contributed by atoms with E-state index in [9.17, 15) is 0 Å². The van der Waals surface area contributed by atoms with Crippen molar-refractivity contribution in [1.29, 1.82) is 0 Å². The number of hydrogen-bond donors (Lipinski definition) is 2. The molecule has 0 aliphatic carbocycles. The van der Waals surface area contributed by atoms with E-state index in [-0.39, 0.29) is 0 Å². The van der Waals surface area contributed by atoms with E-state index in [1.54, 1.807) is 11.3 Å². The smallest absolute Gasteiger partial charge is 0.0251 e. The highest BCUT2D eigenvalue weighted by Gasteiger charge is 2.07. The number of hydrazine groups is 1. The zero-order valence-electron chi connectivity index (χ0n) is 9.82. The summed E-state index contributed by atoms with van der Waals surface area (Å²) in [5, 5.41) is 4.31. The maximum absolute atomic E-state index is 5.57. The second-order valence-corrected chi connectivity index (χ2v) is 4.91. The van der Waals surface area contributed by atoms with E-state index in [0.717, 1.165) is 19.3 Å². The summed E-state index contributed by atoms with van der Waals surface area (Å²) in [7, 11) is 0. The van der Waals surface area contributed by atoms with Crippen molar-refractivity contribution in [3.05, 3.63) is 35.0 Å². The summed E-state index contributed by atoms with van der Waals surface area (Å²) in [6, 6.07) is 2.59. The summed E-state index contributed by atoms with van der Waals surface area (Å²) in [5.41, 5.74) is 4.30. The molecule has 1 unspecified atom stereocenters. The van der Waals surface area contributed by atoms with Gasteiger partial charge in [-0.2, -0.15) is 11.3 Å². The van der Waals surface area contributed by atoms with Crippen molar-refractivity contribution in [1.82, 2.24) is 5.43 Å². The lowest BCUT2D eigenvalue weighted by molar-refractivity contribution is 0.465. The van der Waals surface area contributed by atoms with Crippen molar-refractivity contribution in [2.75, 3.05) is 0 Å². The van der Waals surface area contributed by atoms with Gasteiger partial charge in [0, 0.05) is 6.04 Å². The zero-order chi connectivity index (χ0) is 11.6. The number of unbranched alkanes of at least 4 members (excludes halogenated alkanes) is 3. The summed E-state index contributed by atoms with van der Waals surface area (Å²) in [5.74, 6) is 5.57. The maximum atomic E-state index is 5.57. The molecule has 1 aromatic heterocycles. The van der Waals surface area contributed by atoms with Gasteiger partial charge in [-0.05, 0) is 48.1 Å². The Bertz CT molecular complexity index is 269. The Balaban J connectivity index is 2.14. The molecular formula is C13H22N2S. The molecule has 0 saturated heterocycles. The van der Waals surface area contributed by atoms with E-state index >= 15 is 0 Å². The van der Waals surface area contributed by atoms with Crippen LogP contribution in [0.1, 0.15) is 37.7 Å². The molecule has 3 N–H and O–H groups in total. The highest BCUT2D eigenvalue weighted by Crippen LogP contribution is 2.12. The molecule has 0 aliphatic heterocycles. The first-order chi connectivity index (χ1) is 7.86. The molecule has 0 aliphatic rings. The van der Waals surface area contributed by atoms with Crippen LogP contribution in [0, 0.1) is 0 Å². The van der Waals surface area contributed by atoms with Crippen molar-refractivity contribution >= 4 is 11.3 Å². The largest absolute Gasteiger partial charge is 0.271 e. The maximum Gasteiger partial charge on any atom is 0.0251 e. The van der Waals surface area contributed by atoms with Crippen LogP contribution in [0.5, 0.6) is 0 Å². The summed E-state index contributed by atoms with van der Waals surface area (Å²) in [6.07, 6.45) is 9.08. The van der Waals surface area contributed by atoms with Gasteiger partial charge in [0.25, 0.3) is 0 Å². The van der Waals surface area contributed by atoms with Gasteiger partial charge >= 0.3 is 0 Å². The molecule has 3 heteroatoms. The number of hydrogen-bond acceptors (Lipinski definition) is 3. The van der Waals surface area contributed by atoms with Crippen LogP contribution >= 0.6 is 11.3 Å². The van der Waals surface area contributed by atoms with Crippen molar-refractivity contribution in [3.63, 3.8) is 0 Å². The lowest BCUT2D eigenvalue weighted by Gasteiger charge is -2.14. The third-order valence-electron chi connectivity index (χ3n) is 2.76. The predicted octanol–water partition coefficient (Wildman–Crippen LogP) is 3.26. The van der Waals surface area contributed by atoms with E-state index in [1.807, 2.05) is 6.08 Å². The van der Waals surface area contributed by atoms with E-state index in [1.165, 1.54) is 24.8 Å². The van der Waals surface area contributed by atoms with Gasteiger partial charge < -0.3 is 0 Å². The average molecular weight is 238 g/mol. The first-order valence-corrected chi connectivity index (χ1v) is 6.89. The van der Waals surface area contributed by atoms with Crippen molar-refractivity contribution in [3.8, 4) is 0 Å². The van der Waals surface area contributed by atoms with Gasteiger partial charge in [0.05, 0.1) is 0 Å². The molecule has 0 amide bonds. The molecule has 0 radical (unpaired) electrons. The van der Waals surface area contributed by atoms with Crippen LogP contribution in [0.25, 0.3) is 0 Å². The average Bonchev–Trinajstić information content (AvgIpc) is 2.80. The quantitative estimate of drug-likeness (QED) is 0.300. The molecule has 0 fully saturated rings. The molecule has 0 saturated carbocycles. The molecule has 1 heterocycles. The third-order valence-corrected chi connectivity index (χ3v) is 3.49. The number of nitrogens with one attached hydrogen (secondary N) is 1. The Morgan fingerprint density at radius 3 is 2.94 bits per heavy atom. The molecule has 1 aromatic rings. The Morgan fingerprint density at radius 2 is 2.31 bits per heavy atom. The lowest BCUT2D eigenvalue weighted by atomic mass is 10.0. The minimum Gasteiger partial charge on any atom is -0.271 e. The zero-order valence-corrected chi connectivity index (χ0v) is 10.6. The number of thiophene rings is 1. The van der Waals surface area contributed by atoms with Crippen molar-refractivity contribution < 1.29 is 0 Å². The Kier molecular flexibility index (Phi) is 7.14. The molecule has 2 nitrogen and oxygen atoms in total. The van der Waals surface area contributed by atoms with Crippen LogP contribution in [-0.4, -0.2) is 6.04 Å². The monoisotopic (exact) mass is 238 g/mol. The predicted molar refractivity (Wildman–Crippen MR) is 72.4 cm³/mol. The van der Waals surface area contributed by atoms with E-state index < -0.39 is 0 Å². The fourth-order valence-corrected chi connectivity index (χ4v) is 2.48. The standard InChI is InChI=1S/C13H22N2S/c1-2-3-4-5-6-7-13(15-14)10-12-8-9-16-11-12/h2,8-9,11,13,15H,1,3-7,10,14H2. The molecule has 0 bridgehead atoms. The summed E-state index contributed by atoms with van der Waals surface area (Å²) >= 11 is 1.75. The van der Waals surface area contributed by atoms with Crippen LogP contribution in [0.3, 0.4) is 0 Å². The van der Waals surface area contributed by atoms with Crippen LogP contribution in [0.4, 0.5) is 0 Å². The molecule has 90 valence electrons. The van der Waals surface area contributed by atoms with Gasteiger partial charge in [0.15, 0.2) is 0 Å². The highest BCUT2D eigenvalue weighted by molar-refractivity contribution is 7.07. The Morgan fingerprint density at radius 1 is 1.44 bits per heavy atom. The lowest BCUT2D eigenvalue weighted by Crippen LogP contribution is -2.36. The minimum absolute atomic E-state index is 0.415. The van der Waals surface area contributed by atoms with E-state index in [2.05, 4.69) is 28.8 Å². The second-order valence-electron chi connectivity index (χ2n) is 4.13. The summed E-state index contributed by atoms with van der Waals surface area (Å²) in [4.78, 5) is 0. The van der Waals surface area contributed by atoms with Gasteiger partial charge in [0.1, 0.15) is 0 Å². The first kappa shape index (κ1) is 13.4. The molecule has 0 aromatic carbocycles. The Labute approximate surface area is 103 Å². The topological polar surface area (TPSA) is 38.0 Å². The number of rotatable bonds is 9. The molecule has 1 atom stereocenters. The minimum atomic E-state index is 0.415. The van der Waals surface area contributed by atoms with Crippen molar-refractivity contribution in [2.24, 2.45) is 5.84 Å². The van der Waals surface area contributed by atoms with E-state index in [0.29, 0.717) is 6.04 Å².